The van der Waals surface area contributed by atoms with Crippen LogP contribution in [0.2, 0.25) is 0 Å². The minimum absolute atomic E-state index is 0.197. The van der Waals surface area contributed by atoms with Gasteiger partial charge in [0.15, 0.2) is 10.6 Å². The first-order chi connectivity index (χ1) is 8.16. The monoisotopic (exact) mass is 245 g/mol. The molecule has 0 N–H and O–H groups in total. The molecule has 1 aliphatic rings. The average molecular weight is 245 g/mol. The van der Waals surface area contributed by atoms with Crippen molar-refractivity contribution in [3.8, 4) is 12.1 Å². The molecule has 0 bridgehead atoms. The van der Waals surface area contributed by atoms with Crippen LogP contribution < -0.4 is 0 Å². The van der Waals surface area contributed by atoms with Crippen molar-refractivity contribution in [1.29, 1.82) is 10.5 Å². The van der Waals surface area contributed by atoms with Crippen LogP contribution >= 0.6 is 0 Å². The van der Waals surface area contributed by atoms with Crippen molar-refractivity contribution < 1.29 is 4.55 Å². The van der Waals surface area contributed by atoms with E-state index >= 15 is 0 Å². The van der Waals surface area contributed by atoms with Gasteiger partial charge in [0.1, 0.15) is 11.8 Å². The largest absolute Gasteiger partial charge is 0.611 e. The second kappa shape index (κ2) is 4.37. The fourth-order valence-corrected chi connectivity index (χ4v) is 2.59. The summed E-state index contributed by atoms with van der Waals surface area (Å²) in [6.07, 6.45) is 3.19. The van der Waals surface area contributed by atoms with E-state index in [0.29, 0.717) is 10.6 Å². The molecule has 4 nitrogen and oxygen atoms in total. The molecule has 1 aromatic rings. The number of rotatable bonds is 3. The summed E-state index contributed by atoms with van der Waals surface area (Å²) in [5.74, 6) is 0.444. The number of aromatic nitrogens is 1. The molecule has 0 amide bonds. The fourth-order valence-electron chi connectivity index (χ4n) is 1.71. The topological polar surface area (TPSA) is 83.5 Å². The Morgan fingerprint density at radius 2 is 2.24 bits per heavy atom. The molecule has 1 aliphatic carbocycles. The predicted molar refractivity (Wildman–Crippen MR) is 62.4 cm³/mol. The third-order valence-corrected chi connectivity index (χ3v) is 4.31. The van der Waals surface area contributed by atoms with E-state index < -0.39 is 16.6 Å². The van der Waals surface area contributed by atoms with Gasteiger partial charge in [-0.15, -0.1) is 0 Å². The lowest BCUT2D eigenvalue weighted by Gasteiger charge is -2.12. The Bertz CT molecular complexity index is 526. The van der Waals surface area contributed by atoms with Crippen LogP contribution in [0.3, 0.4) is 0 Å². The van der Waals surface area contributed by atoms with Crippen LogP contribution in [0.25, 0.3) is 0 Å². The lowest BCUT2D eigenvalue weighted by Crippen LogP contribution is -2.11. The van der Waals surface area contributed by atoms with Crippen molar-refractivity contribution in [2.75, 3.05) is 5.75 Å². The molecule has 5 heteroatoms. The second-order valence-electron chi connectivity index (χ2n) is 4.01. The van der Waals surface area contributed by atoms with Gasteiger partial charge in [0.2, 0.25) is 0 Å². The van der Waals surface area contributed by atoms with Crippen LogP contribution in [0.5, 0.6) is 0 Å². The van der Waals surface area contributed by atoms with Crippen molar-refractivity contribution in [1.82, 2.24) is 4.98 Å². The van der Waals surface area contributed by atoms with Crippen molar-refractivity contribution in [2.45, 2.75) is 30.1 Å². The quantitative estimate of drug-likeness (QED) is 0.758. The molecule has 86 valence electrons. The molecular formula is C12H11N3OS. The number of nitriles is 2. The van der Waals surface area contributed by atoms with E-state index in [4.69, 9.17) is 10.5 Å². The van der Waals surface area contributed by atoms with Crippen molar-refractivity contribution >= 4 is 11.2 Å². The van der Waals surface area contributed by atoms with E-state index in [1.54, 1.807) is 19.2 Å². The van der Waals surface area contributed by atoms with Crippen molar-refractivity contribution in [3.05, 3.63) is 23.5 Å². The van der Waals surface area contributed by atoms with Gasteiger partial charge in [-0.1, -0.05) is 0 Å². The van der Waals surface area contributed by atoms with Crippen molar-refractivity contribution in [2.24, 2.45) is 0 Å². The Morgan fingerprint density at radius 3 is 2.71 bits per heavy atom. The second-order valence-corrected chi connectivity index (χ2v) is 5.72. The van der Waals surface area contributed by atoms with Gasteiger partial charge in [0.05, 0.1) is 11.5 Å². The van der Waals surface area contributed by atoms with Gasteiger partial charge in [0.25, 0.3) is 0 Å². The van der Waals surface area contributed by atoms with E-state index in [2.05, 4.69) is 11.1 Å². The van der Waals surface area contributed by atoms with E-state index in [-0.39, 0.29) is 5.69 Å². The van der Waals surface area contributed by atoms with Crippen LogP contribution in [0, 0.1) is 22.7 Å². The molecule has 17 heavy (non-hydrogen) atoms. The maximum Gasteiger partial charge on any atom is 0.195 e. The Balaban J connectivity index is 2.47. The summed E-state index contributed by atoms with van der Waals surface area (Å²) in [6, 6.07) is 5.92. The third kappa shape index (κ3) is 2.00. The lowest BCUT2D eigenvalue weighted by atomic mass is 10.00. The van der Waals surface area contributed by atoms with Crippen LogP contribution in [0.15, 0.2) is 17.2 Å². The normalized spacial score (nSPS) is 17.9. The van der Waals surface area contributed by atoms with E-state index in [9.17, 15) is 4.55 Å². The van der Waals surface area contributed by atoms with Gasteiger partial charge in [-0.2, -0.15) is 10.5 Å². The molecular weight excluding hydrogens is 234 g/mol. The predicted octanol–water partition coefficient (Wildman–Crippen LogP) is 1.64. The van der Waals surface area contributed by atoms with Crippen LogP contribution in [-0.4, -0.2) is 15.3 Å². The van der Waals surface area contributed by atoms with Gasteiger partial charge in [-0.05, 0) is 36.5 Å². The molecule has 2 rings (SSSR count). The maximum atomic E-state index is 11.8. The highest BCUT2D eigenvalue weighted by molar-refractivity contribution is 7.91. The molecule has 1 fully saturated rings. The average Bonchev–Trinajstić information content (AvgIpc) is 3.18. The Labute approximate surface area is 103 Å². The fraction of sp³-hybridized carbons (Fsp3) is 0.417. The smallest absolute Gasteiger partial charge is 0.195 e. The Hall–Kier alpha value is -1.56. The number of nitrogens with zero attached hydrogens (tertiary/aromatic N) is 3. The van der Waals surface area contributed by atoms with E-state index in [1.165, 1.54) is 0 Å². The molecule has 0 aromatic carbocycles. The highest BCUT2D eigenvalue weighted by Crippen LogP contribution is 2.47. The summed E-state index contributed by atoms with van der Waals surface area (Å²) >= 11 is -1.22. The SMILES string of the molecule is CC[S@@+]([O-])c1cc(C2(C#N)CC2)cnc1C#N. The first-order valence-electron chi connectivity index (χ1n) is 5.37. The first-order valence-corrected chi connectivity index (χ1v) is 6.69. The number of hydrogen-bond donors (Lipinski definition) is 0. The van der Waals surface area contributed by atoms with E-state index in [0.717, 1.165) is 18.4 Å². The minimum atomic E-state index is -1.22. The number of pyridine rings is 1. The molecule has 0 spiro atoms. The minimum Gasteiger partial charge on any atom is -0.611 e. The summed E-state index contributed by atoms with van der Waals surface area (Å²) in [5, 5.41) is 18.0. The zero-order chi connectivity index (χ0) is 12.5. The van der Waals surface area contributed by atoms with Crippen LogP contribution in [0.1, 0.15) is 31.0 Å². The van der Waals surface area contributed by atoms with Crippen LogP contribution in [-0.2, 0) is 16.6 Å². The van der Waals surface area contributed by atoms with Gasteiger partial charge in [0, 0.05) is 12.3 Å². The Kier molecular flexibility index (Phi) is 3.06. The highest BCUT2D eigenvalue weighted by Gasteiger charge is 2.46. The lowest BCUT2D eigenvalue weighted by molar-refractivity contribution is 0.595. The van der Waals surface area contributed by atoms with Gasteiger partial charge < -0.3 is 4.55 Å². The third-order valence-electron chi connectivity index (χ3n) is 2.98. The van der Waals surface area contributed by atoms with E-state index in [1.807, 2.05) is 6.07 Å². The molecule has 1 heterocycles. The van der Waals surface area contributed by atoms with Gasteiger partial charge in [-0.3, -0.25) is 0 Å². The Morgan fingerprint density at radius 1 is 1.53 bits per heavy atom. The van der Waals surface area contributed by atoms with Crippen LogP contribution in [0.4, 0.5) is 0 Å². The summed E-state index contributed by atoms with van der Waals surface area (Å²) < 4.78 is 11.8. The van der Waals surface area contributed by atoms with Crippen molar-refractivity contribution in [3.63, 3.8) is 0 Å². The first kappa shape index (κ1) is 11.9. The van der Waals surface area contributed by atoms with Gasteiger partial charge >= 0.3 is 0 Å². The molecule has 0 saturated heterocycles. The molecule has 1 atom stereocenters. The summed E-state index contributed by atoms with van der Waals surface area (Å²) in [4.78, 5) is 4.47. The van der Waals surface area contributed by atoms with Gasteiger partial charge in [-0.25, -0.2) is 4.98 Å². The summed E-state index contributed by atoms with van der Waals surface area (Å²) in [6.45, 7) is 1.79. The standard InChI is InChI=1S/C12H11N3OS/c1-2-17(16)11-5-9(7-15-10(11)6-13)12(8-14)3-4-12/h5,7H,2-4H2,1H3/t17-/m1/s1. The molecule has 0 radical (unpaired) electrons. The summed E-state index contributed by atoms with van der Waals surface area (Å²) in [7, 11) is 0. The molecule has 0 unspecified atom stereocenters. The molecule has 1 aromatic heterocycles. The maximum absolute atomic E-state index is 11.8. The number of hydrogen-bond acceptors (Lipinski definition) is 4. The molecule has 1 saturated carbocycles. The summed E-state index contributed by atoms with van der Waals surface area (Å²) in [5.41, 5.74) is 0.534. The highest BCUT2D eigenvalue weighted by atomic mass is 32.2. The zero-order valence-electron chi connectivity index (χ0n) is 9.43. The molecule has 0 aliphatic heterocycles. The zero-order valence-corrected chi connectivity index (χ0v) is 10.3.